The van der Waals surface area contributed by atoms with Crippen molar-refractivity contribution in [3.05, 3.63) is 131 Å². The number of benzene rings is 3. The van der Waals surface area contributed by atoms with Gasteiger partial charge in [0, 0.05) is 23.4 Å². The summed E-state index contributed by atoms with van der Waals surface area (Å²) in [4.78, 5) is 29.2. The summed E-state index contributed by atoms with van der Waals surface area (Å²) in [7, 11) is 0. The molecule has 0 fully saturated rings. The lowest BCUT2D eigenvalue weighted by atomic mass is 9.93. The number of nitrogens with one attached hydrogen (secondary N) is 1. The Morgan fingerprint density at radius 3 is 2.44 bits per heavy atom. The molecule has 41 heavy (non-hydrogen) atoms. The van der Waals surface area contributed by atoms with E-state index in [1.165, 1.54) is 58.6 Å². The van der Waals surface area contributed by atoms with Gasteiger partial charge in [-0.05, 0) is 54.1 Å². The predicted molar refractivity (Wildman–Crippen MR) is 142 cm³/mol. The summed E-state index contributed by atoms with van der Waals surface area (Å²) in [6, 6.07) is 14.8. The van der Waals surface area contributed by atoms with Crippen LogP contribution in [0.15, 0.2) is 96.6 Å². The molecule has 2 heterocycles. The number of carbonyl (C=O) groups excluding carboxylic acids is 1. The Hall–Kier alpha value is -5.30. The molecule has 2 N–H and O–H groups in total. The number of hydrogen-bond donors (Lipinski definition) is 2. The van der Waals surface area contributed by atoms with Crippen LogP contribution in [0.25, 0.3) is 11.8 Å². The fourth-order valence-corrected chi connectivity index (χ4v) is 4.21. The molecule has 10 nitrogen and oxygen atoms in total. The lowest BCUT2D eigenvalue weighted by molar-refractivity contribution is -0.111. The van der Waals surface area contributed by atoms with Crippen molar-refractivity contribution >= 4 is 17.7 Å². The molecule has 208 valence electrons. The maximum absolute atomic E-state index is 14.7. The number of carbonyl (C=O) groups is 1. The summed E-state index contributed by atoms with van der Waals surface area (Å²) in [5.41, 5.74) is -1.55. The summed E-state index contributed by atoms with van der Waals surface area (Å²) in [6.07, 6.45) is 6.51. The van der Waals surface area contributed by atoms with Crippen LogP contribution in [0, 0.1) is 17.5 Å². The van der Waals surface area contributed by atoms with Gasteiger partial charge < -0.3 is 10.4 Å². The quantitative estimate of drug-likeness (QED) is 0.267. The Labute approximate surface area is 230 Å². The molecule has 0 saturated carbocycles. The summed E-state index contributed by atoms with van der Waals surface area (Å²) < 4.78 is 45.0. The van der Waals surface area contributed by atoms with Gasteiger partial charge in [0.05, 0.1) is 18.8 Å². The van der Waals surface area contributed by atoms with Crippen LogP contribution in [0.3, 0.4) is 0 Å². The number of nitrogens with zero attached hydrogens (tertiary/aromatic N) is 6. The number of anilines is 1. The molecule has 5 rings (SSSR count). The Morgan fingerprint density at radius 2 is 1.73 bits per heavy atom. The average molecular weight is 562 g/mol. The number of rotatable bonds is 9. The molecule has 5 aromatic rings. The Kier molecular flexibility index (Phi) is 7.61. The summed E-state index contributed by atoms with van der Waals surface area (Å²) in [5, 5.41) is 22.2. The second-order valence-corrected chi connectivity index (χ2v) is 9.11. The lowest BCUT2D eigenvalue weighted by Gasteiger charge is -2.28. The fourth-order valence-electron chi connectivity index (χ4n) is 4.21. The third-order valence-electron chi connectivity index (χ3n) is 6.16. The van der Waals surface area contributed by atoms with Crippen molar-refractivity contribution in [2.75, 3.05) is 5.32 Å². The minimum atomic E-state index is -2.04. The molecule has 0 saturated heterocycles. The highest BCUT2D eigenvalue weighted by Crippen LogP contribution is 2.28. The van der Waals surface area contributed by atoms with Crippen molar-refractivity contribution in [2.24, 2.45) is 0 Å². The summed E-state index contributed by atoms with van der Waals surface area (Å²) in [5.74, 6) is -2.67. The molecule has 2 aromatic heterocycles. The average Bonchev–Trinajstić information content (AvgIpc) is 3.57. The van der Waals surface area contributed by atoms with E-state index in [1.54, 1.807) is 30.3 Å². The monoisotopic (exact) mass is 561 g/mol. The van der Waals surface area contributed by atoms with Crippen LogP contribution >= 0.6 is 0 Å². The van der Waals surface area contributed by atoms with Gasteiger partial charge in [-0.2, -0.15) is 10.2 Å². The van der Waals surface area contributed by atoms with Crippen molar-refractivity contribution in [2.45, 2.75) is 18.7 Å². The standard InChI is InChI=1S/C28H22F3N7O3/c29-20-3-1-2-19(12-20)4-11-26(39)35-22-6-8-23(9-7-22)37-18-34-38(27(37)40)15-28(41,14-36-17-32-16-33-36)24-10-5-21(30)13-25(24)31/h1-13,16-18,41H,14-15H2,(H,35,39)/b11-4+. The molecule has 0 aliphatic heterocycles. The van der Waals surface area contributed by atoms with Crippen molar-refractivity contribution in [3.8, 4) is 5.69 Å². The van der Waals surface area contributed by atoms with Crippen LogP contribution in [0.1, 0.15) is 11.1 Å². The van der Waals surface area contributed by atoms with Crippen molar-refractivity contribution in [1.82, 2.24) is 29.1 Å². The van der Waals surface area contributed by atoms with Gasteiger partial charge >= 0.3 is 5.69 Å². The van der Waals surface area contributed by atoms with Crippen LogP contribution in [-0.2, 0) is 23.5 Å². The van der Waals surface area contributed by atoms with E-state index in [2.05, 4.69) is 20.5 Å². The zero-order valence-corrected chi connectivity index (χ0v) is 21.2. The van der Waals surface area contributed by atoms with Crippen LogP contribution in [0.2, 0.25) is 0 Å². The molecule has 1 unspecified atom stereocenters. The molecule has 0 radical (unpaired) electrons. The van der Waals surface area contributed by atoms with Crippen molar-refractivity contribution in [1.29, 1.82) is 0 Å². The number of aliphatic hydroxyl groups is 1. The molecule has 0 bridgehead atoms. The third-order valence-corrected chi connectivity index (χ3v) is 6.16. The first-order valence-electron chi connectivity index (χ1n) is 12.2. The van der Waals surface area contributed by atoms with Gasteiger partial charge in [0.15, 0.2) is 0 Å². The molecule has 13 heteroatoms. The van der Waals surface area contributed by atoms with Gasteiger partial charge in [-0.25, -0.2) is 36.9 Å². The van der Waals surface area contributed by atoms with Gasteiger partial charge in [0.25, 0.3) is 0 Å². The topological polar surface area (TPSA) is 120 Å². The SMILES string of the molecule is O=C(/C=C/c1cccc(F)c1)Nc1ccc(-n2cnn(CC(O)(Cn3cncn3)c3ccc(F)cc3F)c2=O)cc1. The first-order chi connectivity index (χ1) is 19.7. The molecule has 1 amide bonds. The van der Waals surface area contributed by atoms with Crippen molar-refractivity contribution < 1.29 is 23.1 Å². The third kappa shape index (κ3) is 6.31. The van der Waals surface area contributed by atoms with E-state index in [0.29, 0.717) is 23.0 Å². The van der Waals surface area contributed by atoms with E-state index in [4.69, 9.17) is 0 Å². The zero-order chi connectivity index (χ0) is 29.0. The van der Waals surface area contributed by atoms with E-state index in [-0.39, 0.29) is 12.1 Å². The molecular weight excluding hydrogens is 539 g/mol. The molecule has 3 aromatic carbocycles. The van der Waals surface area contributed by atoms with E-state index >= 15 is 0 Å². The van der Waals surface area contributed by atoms with Gasteiger partial charge in [0.2, 0.25) is 5.91 Å². The maximum atomic E-state index is 14.7. The molecule has 0 spiro atoms. The highest BCUT2D eigenvalue weighted by Gasteiger charge is 2.35. The molecule has 0 aliphatic rings. The smallest absolute Gasteiger partial charge is 0.350 e. The van der Waals surface area contributed by atoms with Gasteiger partial charge in [-0.15, -0.1) is 0 Å². The van der Waals surface area contributed by atoms with Crippen molar-refractivity contribution in [3.63, 3.8) is 0 Å². The number of halogens is 3. The summed E-state index contributed by atoms with van der Waals surface area (Å²) >= 11 is 0. The maximum Gasteiger partial charge on any atom is 0.350 e. The van der Waals surface area contributed by atoms with E-state index < -0.39 is 41.2 Å². The van der Waals surface area contributed by atoms with Gasteiger partial charge in [-0.3, -0.25) is 4.79 Å². The number of amides is 1. The van der Waals surface area contributed by atoms with Crippen LogP contribution in [0.4, 0.5) is 18.9 Å². The Balaban J connectivity index is 1.33. The zero-order valence-electron chi connectivity index (χ0n) is 21.2. The minimum absolute atomic E-state index is 0.248. The van der Waals surface area contributed by atoms with E-state index in [9.17, 15) is 27.9 Å². The highest BCUT2D eigenvalue weighted by atomic mass is 19.1. The first-order valence-corrected chi connectivity index (χ1v) is 12.2. The summed E-state index contributed by atoms with van der Waals surface area (Å²) in [6.45, 7) is -0.774. The number of hydrogen-bond acceptors (Lipinski definition) is 6. The normalized spacial score (nSPS) is 12.9. The van der Waals surface area contributed by atoms with Gasteiger partial charge in [-0.1, -0.05) is 18.2 Å². The molecule has 0 aliphatic carbocycles. The Morgan fingerprint density at radius 1 is 0.951 bits per heavy atom. The van der Waals surface area contributed by atoms with Crippen LogP contribution < -0.4 is 11.0 Å². The van der Waals surface area contributed by atoms with Crippen LogP contribution in [0.5, 0.6) is 0 Å². The largest absolute Gasteiger partial charge is 0.381 e. The first kappa shape index (κ1) is 27.3. The lowest BCUT2D eigenvalue weighted by Crippen LogP contribution is -2.41. The molecular formula is C28H22F3N7O3. The van der Waals surface area contributed by atoms with E-state index in [1.807, 2.05) is 0 Å². The Bertz CT molecular complexity index is 1770. The van der Waals surface area contributed by atoms with Gasteiger partial charge in [0.1, 0.15) is 42.0 Å². The van der Waals surface area contributed by atoms with E-state index in [0.717, 1.165) is 16.8 Å². The minimum Gasteiger partial charge on any atom is -0.381 e. The molecule has 1 atom stereocenters. The second kappa shape index (κ2) is 11.4. The predicted octanol–water partition coefficient (Wildman–Crippen LogP) is 3.28. The fraction of sp³-hybridized carbons (Fsp3) is 0.107. The number of aromatic nitrogens is 6. The highest BCUT2D eigenvalue weighted by molar-refractivity contribution is 6.01. The second-order valence-electron chi connectivity index (χ2n) is 9.11. The van der Waals surface area contributed by atoms with Crippen LogP contribution in [-0.4, -0.2) is 40.1 Å².